The highest BCUT2D eigenvalue weighted by Gasteiger charge is 2.41. The predicted octanol–water partition coefficient (Wildman–Crippen LogP) is 11.7. The van der Waals surface area contributed by atoms with E-state index in [2.05, 4.69) is 25.7 Å². The van der Waals surface area contributed by atoms with Crippen LogP contribution in [0.1, 0.15) is 251 Å². The second-order valence-electron chi connectivity index (χ2n) is 18.5. The Hall–Kier alpha value is -1.07. The molecule has 1 heterocycles. The molecule has 60 heavy (non-hydrogen) atoms. The highest BCUT2D eigenvalue weighted by atomic mass is 16.7. The molecule has 356 valence electrons. The largest absolute Gasteiger partial charge is 0.393 e. The summed E-state index contributed by atoms with van der Waals surface area (Å²) in [6.07, 6.45) is 38.1. The van der Waals surface area contributed by atoms with E-state index in [9.17, 15) is 30.3 Å². The third-order valence-electron chi connectivity index (χ3n) is 12.8. The fourth-order valence-electron chi connectivity index (χ4n) is 8.59. The monoisotopic (exact) mass is 854 g/mol. The number of aliphatic hydroxyl groups is 5. The Labute approximate surface area is 369 Å². The minimum Gasteiger partial charge on any atom is -0.393 e. The van der Waals surface area contributed by atoms with E-state index in [1.807, 2.05) is 0 Å². The summed E-state index contributed by atoms with van der Waals surface area (Å²) in [5, 5.41) is 55.6. The van der Waals surface area contributed by atoms with Crippen LogP contribution in [0.2, 0.25) is 0 Å². The molecular formula is C51H99NO8. The summed E-state index contributed by atoms with van der Waals surface area (Å²) < 4.78 is 11.4. The van der Waals surface area contributed by atoms with Gasteiger partial charge in [-0.05, 0) is 18.4 Å². The number of aliphatic hydroxyl groups excluding tert-OH is 5. The maximum absolute atomic E-state index is 13.1. The number of unbranched alkanes of at least 4 members (excludes halogenated alkanes) is 33. The molecule has 0 unspecified atom stereocenters. The zero-order valence-corrected chi connectivity index (χ0v) is 39.3. The molecule has 0 saturated carbocycles. The zero-order valence-electron chi connectivity index (χ0n) is 39.3. The van der Waals surface area contributed by atoms with Crippen molar-refractivity contribution in [2.24, 2.45) is 0 Å². The molecule has 1 amide bonds. The van der Waals surface area contributed by atoms with Crippen molar-refractivity contribution in [1.82, 2.24) is 5.32 Å². The molecule has 1 fully saturated rings. The second kappa shape index (κ2) is 40.7. The Morgan fingerprint density at radius 2 is 0.950 bits per heavy atom. The summed E-state index contributed by atoms with van der Waals surface area (Å²) in [6, 6.07) is -0.944. The van der Waals surface area contributed by atoms with Gasteiger partial charge in [0.25, 0.3) is 0 Å². The van der Waals surface area contributed by atoms with E-state index in [1.165, 1.54) is 186 Å². The Morgan fingerprint density at radius 1 is 0.600 bits per heavy atom. The number of hydrogen-bond donors (Lipinski definition) is 6. The van der Waals surface area contributed by atoms with Crippen molar-refractivity contribution < 1.29 is 39.8 Å². The van der Waals surface area contributed by atoms with Crippen LogP contribution >= 0.6 is 0 Å². The second-order valence-corrected chi connectivity index (χ2v) is 18.5. The van der Waals surface area contributed by atoms with Crippen LogP contribution in [-0.2, 0) is 14.3 Å². The standard InChI is InChI=1S/C51H99NO8/c1-4-6-8-10-12-14-16-18-19-20-21-22-23-24-25-26-27-28-30-32-34-36-38-40-47(55)52-44(42-59-51-50(58)48(56)43(3)46(41-53)60-51)49(57)45(54)39-37-35-33-31-29-17-15-13-11-9-7-5-2/h44-46,48-51,53-54,56-58H,3-42H2,1-2H3,(H,52,55)/t44-,45+,46+,48-,49-,50+,51-/m0/s1. The van der Waals surface area contributed by atoms with Gasteiger partial charge < -0.3 is 40.3 Å². The number of amides is 1. The van der Waals surface area contributed by atoms with E-state index in [-0.39, 0.29) is 18.1 Å². The van der Waals surface area contributed by atoms with E-state index in [0.717, 1.165) is 38.5 Å². The maximum atomic E-state index is 13.1. The first-order valence-electron chi connectivity index (χ1n) is 25.8. The Balaban J connectivity index is 2.27. The van der Waals surface area contributed by atoms with Crippen LogP contribution in [0.15, 0.2) is 12.2 Å². The number of nitrogens with one attached hydrogen (secondary N) is 1. The highest BCUT2D eigenvalue weighted by Crippen LogP contribution is 2.26. The third kappa shape index (κ3) is 30.1. The molecule has 0 aromatic heterocycles. The van der Waals surface area contributed by atoms with Crippen LogP contribution in [0.3, 0.4) is 0 Å². The summed E-state index contributed by atoms with van der Waals surface area (Å²) in [6.45, 7) is 7.54. The lowest BCUT2D eigenvalue weighted by Crippen LogP contribution is -2.55. The molecule has 9 nitrogen and oxygen atoms in total. The van der Waals surface area contributed by atoms with Crippen LogP contribution in [0.5, 0.6) is 0 Å². The van der Waals surface area contributed by atoms with Gasteiger partial charge >= 0.3 is 0 Å². The molecule has 0 radical (unpaired) electrons. The minimum absolute atomic E-state index is 0.156. The SMILES string of the molecule is C=C1[C@@H](CO)O[C@H](OC[C@H](NC(=O)CCCCCCCCCCCCCCCCCCCCCCCCC)[C@H](O)[C@H](O)CCCCCCCCCCCCCC)[C@H](O)[C@H]1O. The molecule has 6 N–H and O–H groups in total. The molecule has 0 aromatic carbocycles. The number of hydrogen-bond acceptors (Lipinski definition) is 8. The molecule has 9 heteroatoms. The molecule has 1 saturated heterocycles. The van der Waals surface area contributed by atoms with Gasteiger partial charge in [0.05, 0.1) is 25.4 Å². The lowest BCUT2D eigenvalue weighted by atomic mass is 9.97. The summed E-state index contributed by atoms with van der Waals surface area (Å²) >= 11 is 0. The van der Waals surface area contributed by atoms with Crippen molar-refractivity contribution in [2.75, 3.05) is 13.2 Å². The molecule has 0 aliphatic carbocycles. The van der Waals surface area contributed by atoms with Crippen LogP contribution < -0.4 is 5.32 Å². The number of rotatable bonds is 44. The molecule has 1 aliphatic rings. The quantitative estimate of drug-likeness (QED) is 0.0262. The van der Waals surface area contributed by atoms with Gasteiger partial charge in [0, 0.05) is 6.42 Å². The first-order chi connectivity index (χ1) is 29.3. The van der Waals surface area contributed by atoms with Crippen LogP contribution in [0, 0.1) is 0 Å². The summed E-state index contributed by atoms with van der Waals surface area (Å²) in [5.74, 6) is -0.226. The number of carbonyl (C=O) groups excluding carboxylic acids is 1. The van der Waals surface area contributed by atoms with E-state index < -0.39 is 49.5 Å². The average Bonchev–Trinajstić information content (AvgIpc) is 3.25. The van der Waals surface area contributed by atoms with Gasteiger partial charge in [-0.3, -0.25) is 4.79 Å². The van der Waals surface area contributed by atoms with Gasteiger partial charge in [-0.1, -0.05) is 239 Å². The van der Waals surface area contributed by atoms with Crippen molar-refractivity contribution in [3.05, 3.63) is 12.2 Å². The van der Waals surface area contributed by atoms with Crippen molar-refractivity contribution in [2.45, 2.75) is 294 Å². The van der Waals surface area contributed by atoms with Crippen molar-refractivity contribution in [3.63, 3.8) is 0 Å². The van der Waals surface area contributed by atoms with Crippen LogP contribution in [-0.4, -0.2) is 87.5 Å². The number of ether oxygens (including phenoxy) is 2. The Kier molecular flexibility index (Phi) is 38.6. The fourth-order valence-corrected chi connectivity index (χ4v) is 8.59. The van der Waals surface area contributed by atoms with Crippen molar-refractivity contribution in [1.29, 1.82) is 0 Å². The molecule has 1 aliphatic heterocycles. The van der Waals surface area contributed by atoms with Crippen molar-refractivity contribution in [3.8, 4) is 0 Å². The topological polar surface area (TPSA) is 149 Å². The Morgan fingerprint density at radius 3 is 1.32 bits per heavy atom. The van der Waals surface area contributed by atoms with E-state index in [4.69, 9.17) is 9.47 Å². The molecule has 1 rings (SSSR count). The first-order valence-corrected chi connectivity index (χ1v) is 25.8. The predicted molar refractivity (Wildman–Crippen MR) is 249 cm³/mol. The smallest absolute Gasteiger partial charge is 0.220 e. The highest BCUT2D eigenvalue weighted by molar-refractivity contribution is 5.76. The molecule has 0 aromatic rings. The molecule has 0 spiro atoms. The minimum atomic E-state index is -1.45. The van der Waals surface area contributed by atoms with Gasteiger partial charge in [-0.15, -0.1) is 0 Å². The van der Waals surface area contributed by atoms with Crippen LogP contribution in [0.25, 0.3) is 0 Å². The zero-order chi connectivity index (χ0) is 43.9. The van der Waals surface area contributed by atoms with Gasteiger partial charge in [-0.2, -0.15) is 0 Å². The average molecular weight is 854 g/mol. The lowest BCUT2D eigenvalue weighted by Gasteiger charge is -2.38. The van der Waals surface area contributed by atoms with Gasteiger partial charge in [-0.25, -0.2) is 0 Å². The first kappa shape index (κ1) is 56.9. The van der Waals surface area contributed by atoms with Crippen LogP contribution in [0.4, 0.5) is 0 Å². The summed E-state index contributed by atoms with van der Waals surface area (Å²) in [5.41, 5.74) is 0.156. The summed E-state index contributed by atoms with van der Waals surface area (Å²) in [7, 11) is 0. The van der Waals surface area contributed by atoms with Crippen molar-refractivity contribution >= 4 is 5.91 Å². The van der Waals surface area contributed by atoms with E-state index in [0.29, 0.717) is 12.8 Å². The lowest BCUT2D eigenvalue weighted by molar-refractivity contribution is -0.255. The van der Waals surface area contributed by atoms with Gasteiger partial charge in [0.2, 0.25) is 5.91 Å². The number of carbonyl (C=O) groups is 1. The molecular weight excluding hydrogens is 755 g/mol. The molecule has 7 atom stereocenters. The normalized spacial score (nSPS) is 19.8. The molecule has 0 bridgehead atoms. The van der Waals surface area contributed by atoms with Gasteiger partial charge in [0.1, 0.15) is 24.4 Å². The Bertz CT molecular complexity index is 963. The van der Waals surface area contributed by atoms with Gasteiger partial charge in [0.15, 0.2) is 6.29 Å². The van der Waals surface area contributed by atoms with E-state index >= 15 is 0 Å². The maximum Gasteiger partial charge on any atom is 0.220 e. The fraction of sp³-hybridized carbons (Fsp3) is 0.941. The third-order valence-corrected chi connectivity index (χ3v) is 12.8. The summed E-state index contributed by atoms with van der Waals surface area (Å²) in [4.78, 5) is 13.1. The van der Waals surface area contributed by atoms with E-state index in [1.54, 1.807) is 0 Å².